The average Bonchev–Trinajstić information content (AvgIpc) is 2.39. The molecule has 1 atom stereocenters. The first-order chi connectivity index (χ1) is 8.31. The summed E-state index contributed by atoms with van der Waals surface area (Å²) in [5.74, 6) is 0. The molecule has 0 aliphatic rings. The molecule has 2 aromatic rings. The van der Waals surface area contributed by atoms with Crippen molar-refractivity contribution in [2.75, 3.05) is 5.32 Å². The van der Waals surface area contributed by atoms with Gasteiger partial charge in [-0.15, -0.1) is 0 Å². The third-order valence-electron chi connectivity index (χ3n) is 2.81. The van der Waals surface area contributed by atoms with E-state index >= 15 is 0 Å². The van der Waals surface area contributed by atoms with E-state index in [1.165, 1.54) is 5.56 Å². The van der Waals surface area contributed by atoms with Gasteiger partial charge in [0.25, 0.3) is 0 Å². The highest BCUT2D eigenvalue weighted by molar-refractivity contribution is 9.10. The van der Waals surface area contributed by atoms with E-state index in [4.69, 9.17) is 0 Å². The third kappa shape index (κ3) is 3.10. The molecule has 1 nitrogen and oxygen atoms in total. The van der Waals surface area contributed by atoms with Gasteiger partial charge in [-0.2, -0.15) is 0 Å². The van der Waals surface area contributed by atoms with Crippen molar-refractivity contribution in [3.8, 4) is 0 Å². The van der Waals surface area contributed by atoms with E-state index in [9.17, 15) is 0 Å². The zero-order chi connectivity index (χ0) is 12.1. The monoisotopic (exact) mass is 289 g/mol. The first-order valence-electron chi connectivity index (χ1n) is 5.87. The number of anilines is 1. The molecule has 0 bridgehead atoms. The molecule has 1 unspecified atom stereocenters. The van der Waals surface area contributed by atoms with Crippen LogP contribution in [0.15, 0.2) is 59.1 Å². The van der Waals surface area contributed by atoms with Crippen LogP contribution in [0.25, 0.3) is 0 Å². The highest BCUT2D eigenvalue weighted by Gasteiger charge is 2.09. The van der Waals surface area contributed by atoms with Crippen molar-refractivity contribution in [3.05, 3.63) is 64.6 Å². The van der Waals surface area contributed by atoms with E-state index in [0.717, 1.165) is 16.6 Å². The standard InChI is InChI=1S/C15H16BrN/c1-2-14(12-8-4-3-5-9-12)17-15-11-7-6-10-13(15)16/h3-11,14,17H,2H2,1H3. The summed E-state index contributed by atoms with van der Waals surface area (Å²) in [7, 11) is 0. The molecule has 0 heterocycles. The van der Waals surface area contributed by atoms with Crippen LogP contribution >= 0.6 is 15.9 Å². The van der Waals surface area contributed by atoms with Crippen LogP contribution in [-0.4, -0.2) is 0 Å². The normalized spacial score (nSPS) is 12.1. The maximum absolute atomic E-state index is 3.57. The third-order valence-corrected chi connectivity index (χ3v) is 3.51. The zero-order valence-electron chi connectivity index (χ0n) is 9.86. The smallest absolute Gasteiger partial charge is 0.0511 e. The molecular formula is C15H16BrN. The van der Waals surface area contributed by atoms with Gasteiger partial charge in [-0.25, -0.2) is 0 Å². The molecular weight excluding hydrogens is 274 g/mol. The Kier molecular flexibility index (Phi) is 4.21. The summed E-state index contributed by atoms with van der Waals surface area (Å²) in [5.41, 5.74) is 2.47. The molecule has 0 saturated carbocycles. The molecule has 2 aromatic carbocycles. The Morgan fingerprint density at radius 3 is 2.29 bits per heavy atom. The Hall–Kier alpha value is -1.28. The molecule has 1 N–H and O–H groups in total. The first-order valence-corrected chi connectivity index (χ1v) is 6.66. The van der Waals surface area contributed by atoms with Gasteiger partial charge < -0.3 is 5.32 Å². The number of para-hydroxylation sites is 1. The molecule has 0 amide bonds. The molecule has 0 saturated heterocycles. The maximum Gasteiger partial charge on any atom is 0.0511 e. The van der Waals surface area contributed by atoms with E-state index in [1.54, 1.807) is 0 Å². The van der Waals surface area contributed by atoms with Crippen molar-refractivity contribution < 1.29 is 0 Å². The lowest BCUT2D eigenvalue weighted by molar-refractivity contribution is 0.749. The van der Waals surface area contributed by atoms with Crippen LogP contribution in [0.5, 0.6) is 0 Å². The highest BCUT2D eigenvalue weighted by atomic mass is 79.9. The molecule has 17 heavy (non-hydrogen) atoms. The van der Waals surface area contributed by atoms with Crippen LogP contribution in [0, 0.1) is 0 Å². The zero-order valence-corrected chi connectivity index (χ0v) is 11.4. The molecule has 0 aromatic heterocycles. The molecule has 0 radical (unpaired) electrons. The topological polar surface area (TPSA) is 12.0 Å². The molecule has 2 rings (SSSR count). The van der Waals surface area contributed by atoms with Gasteiger partial charge in [-0.3, -0.25) is 0 Å². The summed E-state index contributed by atoms with van der Waals surface area (Å²) in [6.45, 7) is 2.20. The van der Waals surface area contributed by atoms with Crippen LogP contribution in [0.1, 0.15) is 24.9 Å². The van der Waals surface area contributed by atoms with E-state index in [-0.39, 0.29) is 0 Å². The Labute approximate surface area is 111 Å². The summed E-state index contributed by atoms with van der Waals surface area (Å²) in [6.07, 6.45) is 1.06. The quantitative estimate of drug-likeness (QED) is 0.834. The summed E-state index contributed by atoms with van der Waals surface area (Å²) in [5, 5.41) is 3.57. The number of halogens is 1. The van der Waals surface area contributed by atoms with Crippen molar-refractivity contribution in [1.82, 2.24) is 0 Å². The summed E-state index contributed by atoms with van der Waals surface area (Å²) in [6, 6.07) is 19.1. The lowest BCUT2D eigenvalue weighted by Crippen LogP contribution is -2.09. The molecule has 0 spiro atoms. The van der Waals surface area contributed by atoms with Gasteiger partial charge >= 0.3 is 0 Å². The van der Waals surface area contributed by atoms with Gasteiger partial charge in [0.05, 0.1) is 6.04 Å². The van der Waals surface area contributed by atoms with E-state index in [1.807, 2.05) is 12.1 Å². The fourth-order valence-corrected chi connectivity index (χ4v) is 2.27. The molecule has 2 heteroatoms. The SMILES string of the molecule is CCC(Nc1ccccc1Br)c1ccccc1. The molecule has 0 aliphatic heterocycles. The predicted octanol–water partition coefficient (Wildman–Crippen LogP) is 5.01. The first kappa shape index (κ1) is 12.2. The minimum absolute atomic E-state index is 0.356. The van der Waals surface area contributed by atoms with E-state index in [0.29, 0.717) is 6.04 Å². The highest BCUT2D eigenvalue weighted by Crippen LogP contribution is 2.27. The van der Waals surface area contributed by atoms with Crippen molar-refractivity contribution >= 4 is 21.6 Å². The number of hydrogen-bond donors (Lipinski definition) is 1. The number of hydrogen-bond acceptors (Lipinski definition) is 1. The fraction of sp³-hybridized carbons (Fsp3) is 0.200. The Morgan fingerprint density at radius 2 is 1.65 bits per heavy atom. The van der Waals surface area contributed by atoms with Crippen LogP contribution in [0.3, 0.4) is 0 Å². The van der Waals surface area contributed by atoms with Crippen LogP contribution in [0.4, 0.5) is 5.69 Å². The maximum atomic E-state index is 3.57. The van der Waals surface area contributed by atoms with Gasteiger partial charge in [-0.1, -0.05) is 49.4 Å². The van der Waals surface area contributed by atoms with Gasteiger partial charge in [0.2, 0.25) is 0 Å². The molecule has 0 fully saturated rings. The number of benzene rings is 2. The van der Waals surface area contributed by atoms with Gasteiger partial charge in [0.15, 0.2) is 0 Å². The van der Waals surface area contributed by atoms with Crippen molar-refractivity contribution in [1.29, 1.82) is 0 Å². The lowest BCUT2D eigenvalue weighted by Gasteiger charge is -2.19. The van der Waals surface area contributed by atoms with Gasteiger partial charge in [0, 0.05) is 10.2 Å². The Bertz CT molecular complexity index is 467. The molecule has 0 aliphatic carbocycles. The predicted molar refractivity (Wildman–Crippen MR) is 77.2 cm³/mol. The van der Waals surface area contributed by atoms with Crippen LogP contribution < -0.4 is 5.32 Å². The van der Waals surface area contributed by atoms with Crippen molar-refractivity contribution in [2.45, 2.75) is 19.4 Å². The summed E-state index contributed by atoms with van der Waals surface area (Å²) in [4.78, 5) is 0. The van der Waals surface area contributed by atoms with Crippen molar-refractivity contribution in [2.24, 2.45) is 0 Å². The minimum Gasteiger partial charge on any atom is -0.377 e. The van der Waals surface area contributed by atoms with Crippen molar-refractivity contribution in [3.63, 3.8) is 0 Å². The average molecular weight is 290 g/mol. The molecule has 88 valence electrons. The van der Waals surface area contributed by atoms with Crippen LogP contribution in [-0.2, 0) is 0 Å². The number of nitrogens with one attached hydrogen (secondary N) is 1. The second kappa shape index (κ2) is 5.87. The Morgan fingerprint density at radius 1 is 1.00 bits per heavy atom. The Balaban J connectivity index is 2.19. The van der Waals surface area contributed by atoms with E-state index in [2.05, 4.69) is 70.6 Å². The summed E-state index contributed by atoms with van der Waals surface area (Å²) >= 11 is 3.56. The second-order valence-electron chi connectivity index (χ2n) is 4.00. The second-order valence-corrected chi connectivity index (χ2v) is 4.85. The largest absolute Gasteiger partial charge is 0.377 e. The summed E-state index contributed by atoms with van der Waals surface area (Å²) < 4.78 is 1.11. The van der Waals surface area contributed by atoms with Gasteiger partial charge in [0.1, 0.15) is 0 Å². The van der Waals surface area contributed by atoms with Gasteiger partial charge in [-0.05, 0) is 40.0 Å². The van der Waals surface area contributed by atoms with E-state index < -0.39 is 0 Å². The van der Waals surface area contributed by atoms with Crippen LogP contribution in [0.2, 0.25) is 0 Å². The fourth-order valence-electron chi connectivity index (χ4n) is 1.87. The number of rotatable bonds is 4. The lowest BCUT2D eigenvalue weighted by atomic mass is 10.0. The minimum atomic E-state index is 0.356.